The Balaban J connectivity index is 1.44. The third kappa shape index (κ3) is 8.14. The van der Waals surface area contributed by atoms with E-state index in [2.05, 4.69) is 89.8 Å². The Hall–Kier alpha value is -2.97. The normalized spacial score (nSPS) is 12.5. The number of hydrogen-bond donors (Lipinski definition) is 2. The van der Waals surface area contributed by atoms with Gasteiger partial charge in [0.15, 0.2) is 5.17 Å². The molecule has 1 aromatic heterocycles. The van der Waals surface area contributed by atoms with Gasteiger partial charge in [-0.25, -0.2) is 4.98 Å². The number of aromatic nitrogens is 1. The molecular weight excluding hydrogens is 448 g/mol. The molecule has 2 aromatic carbocycles. The summed E-state index contributed by atoms with van der Waals surface area (Å²) in [6.07, 6.45) is 3.50. The second kappa shape index (κ2) is 12.3. The molecule has 0 amide bonds. The van der Waals surface area contributed by atoms with Crippen molar-refractivity contribution < 1.29 is 0 Å². The molecule has 8 heteroatoms. The Bertz CT molecular complexity index is 1100. The minimum atomic E-state index is 0.399. The van der Waals surface area contributed by atoms with Gasteiger partial charge in [0.2, 0.25) is 5.13 Å². The Morgan fingerprint density at radius 2 is 1.55 bits per heavy atom. The lowest BCUT2D eigenvalue weighted by Crippen LogP contribution is -2.06. The quantitative estimate of drug-likeness (QED) is 0.211. The number of thioether (sulfide) groups is 1. The number of hydrazone groups is 1. The van der Waals surface area contributed by atoms with E-state index >= 15 is 0 Å². The van der Waals surface area contributed by atoms with Crippen LogP contribution in [0.2, 0.25) is 0 Å². The molecule has 0 spiro atoms. The van der Waals surface area contributed by atoms with Crippen molar-refractivity contribution in [2.45, 2.75) is 45.3 Å². The number of nitrogens with zero attached hydrogens (tertiary/aromatic N) is 4. The zero-order chi connectivity index (χ0) is 23.6. The first kappa shape index (κ1) is 24.7. The van der Waals surface area contributed by atoms with Gasteiger partial charge in [0, 0.05) is 11.1 Å². The highest BCUT2D eigenvalue weighted by atomic mass is 32.2. The molecule has 33 heavy (non-hydrogen) atoms. The van der Waals surface area contributed by atoms with E-state index in [9.17, 15) is 0 Å². The van der Waals surface area contributed by atoms with Crippen LogP contribution in [-0.4, -0.2) is 22.6 Å². The number of thiazole rings is 1. The highest BCUT2D eigenvalue weighted by Crippen LogP contribution is 2.20. The van der Waals surface area contributed by atoms with Gasteiger partial charge in [-0.1, -0.05) is 88.0 Å². The third-order valence-electron chi connectivity index (χ3n) is 4.86. The van der Waals surface area contributed by atoms with Crippen LogP contribution in [0.3, 0.4) is 0 Å². The van der Waals surface area contributed by atoms with Crippen LogP contribution in [0.5, 0.6) is 0 Å². The van der Waals surface area contributed by atoms with Crippen molar-refractivity contribution in [3.8, 4) is 0 Å². The first-order valence-electron chi connectivity index (χ1n) is 10.8. The summed E-state index contributed by atoms with van der Waals surface area (Å²) in [6, 6.07) is 16.7. The first-order valence-corrected chi connectivity index (χ1v) is 12.7. The minimum absolute atomic E-state index is 0.399. The summed E-state index contributed by atoms with van der Waals surface area (Å²) in [5, 5.41) is 15.5. The van der Waals surface area contributed by atoms with Crippen molar-refractivity contribution in [1.29, 1.82) is 0 Å². The maximum Gasteiger partial charge on any atom is 0.203 e. The summed E-state index contributed by atoms with van der Waals surface area (Å²) >= 11 is 2.90. The molecule has 0 bridgehead atoms. The molecule has 0 saturated carbocycles. The van der Waals surface area contributed by atoms with Gasteiger partial charge < -0.3 is 5.73 Å². The standard InChI is InChI=1S/C25H30N6S2/c1-17(2)21-9-5-19(6-10-21)13-27-30-24(26)32-15-23-16-33-25(29-23)31-28-14-20-7-11-22(12-8-20)18(3)4/h5-14,16-18H,15H2,1-4H3,(H2,26,30)(H,29,31)/b27-13-,28-14-. The first-order chi connectivity index (χ1) is 15.9. The average molecular weight is 479 g/mol. The molecule has 172 valence electrons. The molecule has 6 nitrogen and oxygen atoms in total. The predicted octanol–water partition coefficient (Wildman–Crippen LogP) is 6.42. The summed E-state index contributed by atoms with van der Waals surface area (Å²) in [4.78, 5) is 4.52. The Kier molecular flexibility index (Phi) is 9.21. The zero-order valence-electron chi connectivity index (χ0n) is 19.4. The molecule has 0 aliphatic carbocycles. The van der Waals surface area contributed by atoms with Crippen LogP contribution in [0.4, 0.5) is 5.13 Å². The molecule has 0 radical (unpaired) electrons. The maximum atomic E-state index is 5.97. The largest absolute Gasteiger partial charge is 0.377 e. The van der Waals surface area contributed by atoms with Gasteiger partial charge in [0.1, 0.15) is 0 Å². The van der Waals surface area contributed by atoms with Crippen molar-refractivity contribution in [1.82, 2.24) is 4.98 Å². The van der Waals surface area contributed by atoms with Crippen LogP contribution >= 0.6 is 23.1 Å². The van der Waals surface area contributed by atoms with Gasteiger partial charge in [-0.3, -0.25) is 5.43 Å². The van der Waals surface area contributed by atoms with E-state index in [4.69, 9.17) is 5.73 Å². The second-order valence-corrected chi connectivity index (χ2v) is 9.98. The zero-order valence-corrected chi connectivity index (χ0v) is 21.0. The second-order valence-electron chi connectivity index (χ2n) is 8.13. The monoisotopic (exact) mass is 478 g/mol. The number of amidine groups is 1. The predicted molar refractivity (Wildman–Crippen MR) is 145 cm³/mol. The van der Waals surface area contributed by atoms with E-state index in [0.29, 0.717) is 22.8 Å². The lowest BCUT2D eigenvalue weighted by molar-refractivity contribution is 0.866. The fourth-order valence-electron chi connectivity index (χ4n) is 2.85. The molecule has 0 unspecified atom stereocenters. The van der Waals surface area contributed by atoms with Crippen LogP contribution in [0.15, 0.2) is 69.2 Å². The number of anilines is 1. The lowest BCUT2D eigenvalue weighted by Gasteiger charge is -2.04. The van der Waals surface area contributed by atoms with Gasteiger partial charge in [-0.15, -0.1) is 16.4 Å². The van der Waals surface area contributed by atoms with Gasteiger partial charge in [0.05, 0.1) is 18.1 Å². The van der Waals surface area contributed by atoms with E-state index in [1.165, 1.54) is 34.2 Å². The van der Waals surface area contributed by atoms with Crippen molar-refractivity contribution in [2.24, 2.45) is 21.0 Å². The van der Waals surface area contributed by atoms with Gasteiger partial charge in [0.25, 0.3) is 0 Å². The molecule has 3 aromatic rings. The minimum Gasteiger partial charge on any atom is -0.377 e. The van der Waals surface area contributed by atoms with E-state index in [-0.39, 0.29) is 0 Å². The van der Waals surface area contributed by atoms with Gasteiger partial charge in [-0.05, 0) is 34.1 Å². The van der Waals surface area contributed by atoms with Crippen molar-refractivity contribution in [3.63, 3.8) is 0 Å². The van der Waals surface area contributed by atoms with Crippen LogP contribution in [-0.2, 0) is 5.75 Å². The number of benzene rings is 2. The highest BCUT2D eigenvalue weighted by molar-refractivity contribution is 8.13. The topological polar surface area (TPSA) is 88.0 Å². The third-order valence-corrected chi connectivity index (χ3v) is 6.48. The molecule has 0 saturated heterocycles. The Morgan fingerprint density at radius 3 is 2.12 bits per heavy atom. The van der Waals surface area contributed by atoms with Crippen LogP contribution in [0, 0.1) is 0 Å². The highest BCUT2D eigenvalue weighted by Gasteiger charge is 2.03. The number of hydrogen-bond acceptors (Lipinski definition) is 7. The lowest BCUT2D eigenvalue weighted by atomic mass is 10.0. The van der Waals surface area contributed by atoms with Crippen molar-refractivity contribution in [3.05, 3.63) is 81.9 Å². The summed E-state index contributed by atoms with van der Waals surface area (Å²) in [5.74, 6) is 1.65. The Morgan fingerprint density at radius 1 is 0.970 bits per heavy atom. The molecule has 0 aliphatic rings. The molecule has 3 rings (SSSR count). The maximum absolute atomic E-state index is 5.97. The number of nitrogens with two attached hydrogens (primary N) is 1. The van der Waals surface area contributed by atoms with Crippen LogP contribution in [0.1, 0.15) is 67.5 Å². The van der Waals surface area contributed by atoms with Crippen LogP contribution in [0.25, 0.3) is 0 Å². The fourth-order valence-corrected chi connectivity index (χ4v) is 4.16. The Labute approximate surface area is 204 Å². The van der Waals surface area contributed by atoms with Crippen molar-refractivity contribution >= 4 is 45.8 Å². The summed E-state index contributed by atoms with van der Waals surface area (Å²) in [6.45, 7) is 8.71. The van der Waals surface area contributed by atoms with Crippen molar-refractivity contribution in [2.75, 3.05) is 5.43 Å². The van der Waals surface area contributed by atoms with E-state index in [1.807, 2.05) is 17.5 Å². The summed E-state index contributed by atoms with van der Waals surface area (Å²) < 4.78 is 0. The molecule has 1 heterocycles. The van der Waals surface area contributed by atoms with Gasteiger partial charge in [-0.2, -0.15) is 10.2 Å². The smallest absolute Gasteiger partial charge is 0.203 e. The molecule has 0 atom stereocenters. The molecule has 0 fully saturated rings. The molecule has 3 N–H and O–H groups in total. The van der Waals surface area contributed by atoms with Crippen LogP contribution < -0.4 is 11.2 Å². The number of rotatable bonds is 9. The summed E-state index contributed by atoms with van der Waals surface area (Å²) in [7, 11) is 0. The SMILES string of the molecule is CC(C)c1ccc(/C=N\N=C(\N)SCc2csc(N/N=C\c3ccc(C(C)C)cc3)n2)cc1. The number of nitrogens with one attached hydrogen (secondary N) is 1. The average Bonchev–Trinajstić information content (AvgIpc) is 3.26. The fraction of sp³-hybridized carbons (Fsp3) is 0.280. The van der Waals surface area contributed by atoms with Gasteiger partial charge >= 0.3 is 0 Å². The van der Waals surface area contributed by atoms with E-state index in [0.717, 1.165) is 22.0 Å². The molecular formula is C25H30N6S2. The van der Waals surface area contributed by atoms with E-state index in [1.54, 1.807) is 12.4 Å². The van der Waals surface area contributed by atoms with E-state index < -0.39 is 0 Å². The summed E-state index contributed by atoms with van der Waals surface area (Å²) in [5.41, 5.74) is 14.5. The molecule has 0 aliphatic heterocycles.